The van der Waals surface area contributed by atoms with Gasteiger partial charge in [0.2, 0.25) is 0 Å². The summed E-state index contributed by atoms with van der Waals surface area (Å²) in [5.74, 6) is -0.971. The standard InChI is InChI=1S/C33H38N2O6/c1-5-31(20-40-30(2,3)41-31)17-22-24-18-33(24,28(36)38-4)27-32(23-13-9-10-14-25(23)34-27)15-16-35(26(22)32)29(37)39-19-21-11-7-6-8-12-21/h6-14,22,24,26H,5,15-20H2,1-4H3/t22-,24-,26+,31+,32-,33+/m0/s1. The number of methoxy groups -OCH3 is 1. The summed E-state index contributed by atoms with van der Waals surface area (Å²) in [5.41, 5.74) is 1.89. The highest BCUT2D eigenvalue weighted by Gasteiger charge is 2.80. The van der Waals surface area contributed by atoms with Crippen molar-refractivity contribution in [1.29, 1.82) is 0 Å². The van der Waals surface area contributed by atoms with E-state index in [-0.39, 0.29) is 36.5 Å². The molecule has 41 heavy (non-hydrogen) atoms. The number of benzene rings is 2. The number of nitrogens with zero attached hydrogens (tertiary/aromatic N) is 2. The number of ether oxygens (including phenoxy) is 4. The first kappa shape index (κ1) is 26.7. The topological polar surface area (TPSA) is 86.7 Å². The van der Waals surface area contributed by atoms with Gasteiger partial charge in [0.25, 0.3) is 0 Å². The van der Waals surface area contributed by atoms with Crippen LogP contribution >= 0.6 is 0 Å². The van der Waals surface area contributed by atoms with Crippen molar-refractivity contribution < 1.29 is 28.5 Å². The largest absolute Gasteiger partial charge is 0.468 e. The van der Waals surface area contributed by atoms with Crippen molar-refractivity contribution in [3.05, 3.63) is 65.7 Å². The Morgan fingerprint density at radius 1 is 1.10 bits per heavy atom. The summed E-state index contributed by atoms with van der Waals surface area (Å²) < 4.78 is 24.1. The smallest absolute Gasteiger partial charge is 0.410 e. The van der Waals surface area contributed by atoms with Crippen LogP contribution in [0.5, 0.6) is 0 Å². The van der Waals surface area contributed by atoms with Gasteiger partial charge in [-0.15, -0.1) is 0 Å². The van der Waals surface area contributed by atoms with Crippen molar-refractivity contribution >= 4 is 23.5 Å². The fourth-order valence-corrected chi connectivity index (χ4v) is 8.60. The molecule has 2 saturated heterocycles. The number of esters is 1. The third-order valence-corrected chi connectivity index (χ3v) is 10.4. The van der Waals surface area contributed by atoms with Gasteiger partial charge in [0.05, 0.1) is 36.5 Å². The molecular weight excluding hydrogens is 520 g/mol. The Bertz CT molecular complexity index is 1420. The van der Waals surface area contributed by atoms with E-state index in [9.17, 15) is 9.59 Å². The number of amides is 1. The Balaban J connectivity index is 1.32. The van der Waals surface area contributed by atoms with Crippen molar-refractivity contribution in [2.75, 3.05) is 20.3 Å². The summed E-state index contributed by atoms with van der Waals surface area (Å²) in [4.78, 5) is 34.7. The van der Waals surface area contributed by atoms with Crippen LogP contribution in [-0.2, 0) is 35.8 Å². The van der Waals surface area contributed by atoms with E-state index in [4.69, 9.17) is 23.9 Å². The van der Waals surface area contributed by atoms with Gasteiger partial charge in [-0.1, -0.05) is 55.5 Å². The molecule has 0 bridgehead atoms. The van der Waals surface area contributed by atoms with Gasteiger partial charge in [-0.3, -0.25) is 9.79 Å². The molecule has 2 aliphatic carbocycles. The molecule has 4 fully saturated rings. The normalized spacial score (nSPS) is 35.6. The van der Waals surface area contributed by atoms with Crippen molar-refractivity contribution in [2.45, 2.75) is 75.9 Å². The third-order valence-electron chi connectivity index (χ3n) is 10.4. The second kappa shape index (κ2) is 9.13. The number of carbonyl (C=O) groups is 2. The Kier molecular flexibility index (Phi) is 5.94. The molecule has 2 aromatic rings. The lowest BCUT2D eigenvalue weighted by atomic mass is 9.57. The van der Waals surface area contributed by atoms with E-state index in [1.807, 2.05) is 67.3 Å². The minimum Gasteiger partial charge on any atom is -0.468 e. The van der Waals surface area contributed by atoms with Crippen LogP contribution < -0.4 is 0 Å². The zero-order valence-corrected chi connectivity index (χ0v) is 24.2. The SMILES string of the molecule is CC[C@@]1(C[C@H]2[C@@H]3C[C@]3(C(=O)OC)C3=Nc4ccccc4[C@]34CCN(C(=O)OCc3ccccc3)[C@H]24)COC(C)(C)O1. The van der Waals surface area contributed by atoms with Gasteiger partial charge in [0, 0.05) is 12.3 Å². The van der Waals surface area contributed by atoms with Crippen LogP contribution in [0, 0.1) is 17.3 Å². The van der Waals surface area contributed by atoms with Crippen LogP contribution in [0.1, 0.15) is 57.6 Å². The van der Waals surface area contributed by atoms with Gasteiger partial charge in [0.15, 0.2) is 5.79 Å². The van der Waals surface area contributed by atoms with E-state index in [1.54, 1.807) is 0 Å². The zero-order chi connectivity index (χ0) is 28.6. The van der Waals surface area contributed by atoms with Gasteiger partial charge in [-0.05, 0) is 68.6 Å². The molecule has 0 unspecified atom stereocenters. The fraction of sp³-hybridized carbons (Fsp3) is 0.545. The molecule has 3 heterocycles. The maximum atomic E-state index is 13.9. The summed E-state index contributed by atoms with van der Waals surface area (Å²) in [7, 11) is 1.47. The Morgan fingerprint density at radius 3 is 2.56 bits per heavy atom. The molecule has 3 aliphatic heterocycles. The highest BCUT2D eigenvalue weighted by Crippen LogP contribution is 2.73. The number of carbonyl (C=O) groups excluding carboxylic acids is 2. The molecule has 7 rings (SSSR count). The first-order chi connectivity index (χ1) is 19.7. The van der Waals surface area contributed by atoms with E-state index >= 15 is 0 Å². The predicted molar refractivity (Wildman–Crippen MR) is 152 cm³/mol. The Hall–Kier alpha value is -3.23. The molecule has 2 saturated carbocycles. The van der Waals surface area contributed by atoms with Gasteiger partial charge in [-0.2, -0.15) is 0 Å². The number of rotatable bonds is 6. The second-order valence-corrected chi connectivity index (χ2v) is 12.8. The highest BCUT2D eigenvalue weighted by atomic mass is 16.8. The lowest BCUT2D eigenvalue weighted by Gasteiger charge is -2.49. The minimum atomic E-state index is -0.789. The first-order valence-electron chi connectivity index (χ1n) is 14.8. The number of para-hydroxylation sites is 1. The third kappa shape index (κ3) is 3.76. The first-order valence-corrected chi connectivity index (χ1v) is 14.8. The molecule has 216 valence electrons. The monoisotopic (exact) mass is 558 g/mol. The molecule has 0 aromatic heterocycles. The molecule has 1 amide bonds. The fourth-order valence-electron chi connectivity index (χ4n) is 8.60. The lowest BCUT2D eigenvalue weighted by Crippen LogP contribution is -2.61. The molecule has 8 nitrogen and oxygen atoms in total. The molecule has 1 spiro atoms. The minimum absolute atomic E-state index is 0.0144. The average molecular weight is 559 g/mol. The summed E-state index contributed by atoms with van der Waals surface area (Å²) in [6, 6.07) is 17.7. The number of hydrogen-bond acceptors (Lipinski definition) is 7. The summed E-state index contributed by atoms with van der Waals surface area (Å²) >= 11 is 0. The number of fused-ring (bicyclic) bond motifs is 3. The van der Waals surface area contributed by atoms with Gasteiger partial charge < -0.3 is 23.8 Å². The van der Waals surface area contributed by atoms with Crippen molar-refractivity contribution in [1.82, 2.24) is 4.90 Å². The predicted octanol–water partition coefficient (Wildman–Crippen LogP) is 5.55. The number of aliphatic imine (C=N–C) groups is 1. The van der Waals surface area contributed by atoms with E-state index in [1.165, 1.54) is 7.11 Å². The van der Waals surface area contributed by atoms with Gasteiger partial charge in [0.1, 0.15) is 12.0 Å². The van der Waals surface area contributed by atoms with E-state index < -0.39 is 22.2 Å². The maximum absolute atomic E-state index is 13.9. The highest BCUT2D eigenvalue weighted by molar-refractivity contribution is 6.19. The van der Waals surface area contributed by atoms with Crippen molar-refractivity contribution in [3.8, 4) is 0 Å². The maximum Gasteiger partial charge on any atom is 0.410 e. The van der Waals surface area contributed by atoms with Crippen LogP contribution in [0.3, 0.4) is 0 Å². The molecular formula is C33H38N2O6. The van der Waals surface area contributed by atoms with Crippen molar-refractivity contribution in [3.63, 3.8) is 0 Å². The van der Waals surface area contributed by atoms with E-state index in [2.05, 4.69) is 13.0 Å². The van der Waals surface area contributed by atoms with Crippen LogP contribution in [-0.4, -0.2) is 60.4 Å². The van der Waals surface area contributed by atoms with Crippen LogP contribution in [0.25, 0.3) is 0 Å². The number of hydrogen-bond donors (Lipinski definition) is 0. The van der Waals surface area contributed by atoms with Crippen LogP contribution in [0.15, 0.2) is 59.6 Å². The number of likely N-dealkylation sites (tertiary alicyclic amines) is 1. The molecule has 0 radical (unpaired) electrons. The van der Waals surface area contributed by atoms with Crippen LogP contribution in [0.4, 0.5) is 10.5 Å². The molecule has 5 aliphatic rings. The lowest BCUT2D eigenvalue weighted by molar-refractivity contribution is -0.168. The quantitative estimate of drug-likeness (QED) is 0.432. The van der Waals surface area contributed by atoms with Crippen LogP contribution in [0.2, 0.25) is 0 Å². The molecule has 8 heteroatoms. The molecule has 2 aromatic carbocycles. The summed E-state index contributed by atoms with van der Waals surface area (Å²) in [5, 5.41) is 0. The Morgan fingerprint density at radius 2 is 1.85 bits per heavy atom. The summed E-state index contributed by atoms with van der Waals surface area (Å²) in [6.07, 6.45) is 2.44. The zero-order valence-electron chi connectivity index (χ0n) is 24.2. The summed E-state index contributed by atoms with van der Waals surface area (Å²) in [6.45, 7) is 7.22. The van der Waals surface area contributed by atoms with Gasteiger partial charge in [-0.25, -0.2) is 4.79 Å². The molecule has 0 N–H and O–H groups in total. The van der Waals surface area contributed by atoms with E-state index in [0.717, 1.165) is 28.9 Å². The molecule has 6 atom stereocenters. The Labute approximate surface area is 241 Å². The average Bonchev–Trinajstić information content (AvgIpc) is 3.30. The van der Waals surface area contributed by atoms with Gasteiger partial charge >= 0.3 is 12.1 Å². The van der Waals surface area contributed by atoms with Crippen molar-refractivity contribution in [2.24, 2.45) is 22.2 Å². The second-order valence-electron chi connectivity index (χ2n) is 12.8. The van der Waals surface area contributed by atoms with E-state index in [0.29, 0.717) is 32.4 Å².